The molecule has 0 amide bonds. The highest BCUT2D eigenvalue weighted by atomic mass is 16.5. The molecule has 0 fully saturated rings. The second kappa shape index (κ2) is 8.57. The standard InChI is InChI=1S/C19H23N5O4/c1-13-10-15(28-22-13)12-23(11-14-6-4-3-5-7-14)16-17(20)24(8-9-27-2)19(26)21-18(16)25/h3-7,10H,8-9,11-12,20H2,1-2H3,(H,21,25,26). The van der Waals surface area contributed by atoms with Crippen molar-refractivity contribution in [1.82, 2.24) is 14.7 Å². The van der Waals surface area contributed by atoms with Crippen molar-refractivity contribution in [2.45, 2.75) is 26.6 Å². The summed E-state index contributed by atoms with van der Waals surface area (Å²) in [5.74, 6) is 0.667. The summed E-state index contributed by atoms with van der Waals surface area (Å²) in [6.45, 7) is 3.00. The van der Waals surface area contributed by atoms with Crippen LogP contribution in [0.1, 0.15) is 17.0 Å². The Bertz CT molecular complexity index is 1040. The topological polar surface area (TPSA) is 119 Å². The van der Waals surface area contributed by atoms with Crippen LogP contribution in [0.5, 0.6) is 0 Å². The summed E-state index contributed by atoms with van der Waals surface area (Å²) >= 11 is 0. The predicted octanol–water partition coefficient (Wildman–Crippen LogP) is 1.27. The molecule has 0 spiro atoms. The quantitative estimate of drug-likeness (QED) is 0.599. The fourth-order valence-electron chi connectivity index (χ4n) is 2.98. The molecular weight excluding hydrogens is 362 g/mol. The maximum absolute atomic E-state index is 12.6. The summed E-state index contributed by atoms with van der Waals surface area (Å²) in [5, 5.41) is 3.90. The molecule has 0 aliphatic rings. The third-order valence-corrected chi connectivity index (χ3v) is 4.29. The zero-order valence-corrected chi connectivity index (χ0v) is 15.8. The van der Waals surface area contributed by atoms with Crippen LogP contribution in [0.15, 0.2) is 50.5 Å². The minimum absolute atomic E-state index is 0.0815. The normalized spacial score (nSPS) is 10.9. The molecule has 9 heteroatoms. The van der Waals surface area contributed by atoms with Crippen molar-refractivity contribution >= 4 is 11.5 Å². The van der Waals surface area contributed by atoms with Crippen LogP contribution < -0.4 is 21.9 Å². The Morgan fingerprint density at radius 2 is 2.00 bits per heavy atom. The van der Waals surface area contributed by atoms with Crippen LogP contribution in [0.4, 0.5) is 11.5 Å². The summed E-state index contributed by atoms with van der Waals surface area (Å²) < 4.78 is 11.7. The van der Waals surface area contributed by atoms with Gasteiger partial charge in [-0.25, -0.2) is 4.79 Å². The van der Waals surface area contributed by atoms with Crippen LogP contribution in [0.2, 0.25) is 0 Å². The number of aromatic nitrogens is 3. The number of aromatic amines is 1. The van der Waals surface area contributed by atoms with Crippen LogP contribution in [0.25, 0.3) is 0 Å². The summed E-state index contributed by atoms with van der Waals surface area (Å²) in [6.07, 6.45) is 0. The zero-order valence-electron chi connectivity index (χ0n) is 15.8. The number of nitrogens with one attached hydrogen (secondary N) is 1. The molecule has 2 aromatic heterocycles. The van der Waals surface area contributed by atoms with Gasteiger partial charge in [0.15, 0.2) is 5.76 Å². The average molecular weight is 385 g/mol. The van der Waals surface area contributed by atoms with Gasteiger partial charge in [0.1, 0.15) is 11.5 Å². The Kier molecular flexibility index (Phi) is 5.95. The molecule has 1 aromatic carbocycles. The van der Waals surface area contributed by atoms with Crippen LogP contribution in [0, 0.1) is 6.92 Å². The highest BCUT2D eigenvalue weighted by Gasteiger charge is 2.21. The highest BCUT2D eigenvalue weighted by Crippen LogP contribution is 2.22. The Balaban J connectivity index is 2.05. The third-order valence-electron chi connectivity index (χ3n) is 4.29. The van der Waals surface area contributed by atoms with E-state index in [9.17, 15) is 9.59 Å². The molecule has 0 radical (unpaired) electrons. The number of methoxy groups -OCH3 is 1. The predicted molar refractivity (Wildman–Crippen MR) is 105 cm³/mol. The number of ether oxygens (including phenoxy) is 1. The van der Waals surface area contributed by atoms with E-state index in [1.165, 1.54) is 11.7 Å². The van der Waals surface area contributed by atoms with Gasteiger partial charge < -0.3 is 19.9 Å². The lowest BCUT2D eigenvalue weighted by Crippen LogP contribution is -2.38. The van der Waals surface area contributed by atoms with E-state index in [1.54, 1.807) is 11.0 Å². The lowest BCUT2D eigenvalue weighted by Gasteiger charge is -2.25. The molecule has 0 saturated heterocycles. The second-order valence-electron chi connectivity index (χ2n) is 6.41. The first-order valence-electron chi connectivity index (χ1n) is 8.82. The minimum Gasteiger partial charge on any atom is -0.383 e. The van der Waals surface area contributed by atoms with Crippen LogP contribution in [-0.4, -0.2) is 28.4 Å². The van der Waals surface area contributed by atoms with Gasteiger partial charge in [-0.1, -0.05) is 35.5 Å². The Morgan fingerprint density at radius 3 is 2.64 bits per heavy atom. The number of hydrogen-bond acceptors (Lipinski definition) is 7. The van der Waals surface area contributed by atoms with Gasteiger partial charge in [-0.2, -0.15) is 0 Å². The molecule has 0 atom stereocenters. The molecule has 0 aliphatic carbocycles. The van der Waals surface area contributed by atoms with Gasteiger partial charge in [0, 0.05) is 19.7 Å². The summed E-state index contributed by atoms with van der Waals surface area (Å²) in [7, 11) is 1.53. The van der Waals surface area contributed by atoms with Crippen molar-refractivity contribution in [2.24, 2.45) is 0 Å². The van der Waals surface area contributed by atoms with Gasteiger partial charge in [0.2, 0.25) is 0 Å². The van der Waals surface area contributed by atoms with Crippen LogP contribution >= 0.6 is 0 Å². The Hall–Kier alpha value is -3.33. The fraction of sp³-hybridized carbons (Fsp3) is 0.316. The zero-order chi connectivity index (χ0) is 20.1. The minimum atomic E-state index is -0.571. The number of hydrogen-bond donors (Lipinski definition) is 2. The molecule has 0 bridgehead atoms. The summed E-state index contributed by atoms with van der Waals surface area (Å²) in [4.78, 5) is 28.9. The van der Waals surface area contributed by atoms with Gasteiger partial charge in [0.05, 0.1) is 25.4 Å². The molecule has 0 unspecified atom stereocenters. The largest absolute Gasteiger partial charge is 0.383 e. The van der Waals surface area contributed by atoms with E-state index < -0.39 is 11.2 Å². The summed E-state index contributed by atoms with van der Waals surface area (Å²) in [5.41, 5.74) is 7.03. The molecule has 2 heterocycles. The maximum Gasteiger partial charge on any atom is 0.330 e. The molecule has 0 aliphatic heterocycles. The number of nitrogens with zero attached hydrogens (tertiary/aromatic N) is 3. The Morgan fingerprint density at radius 1 is 1.25 bits per heavy atom. The van der Waals surface area contributed by atoms with Gasteiger partial charge in [-0.05, 0) is 12.5 Å². The van der Waals surface area contributed by atoms with Gasteiger partial charge in [-0.3, -0.25) is 14.3 Å². The first-order chi connectivity index (χ1) is 13.5. The highest BCUT2D eigenvalue weighted by molar-refractivity contribution is 5.62. The van der Waals surface area contributed by atoms with E-state index in [0.29, 0.717) is 12.3 Å². The summed E-state index contributed by atoms with van der Waals surface area (Å²) in [6, 6.07) is 11.4. The lowest BCUT2D eigenvalue weighted by molar-refractivity contribution is 0.186. The van der Waals surface area contributed by atoms with Crippen molar-refractivity contribution in [3.63, 3.8) is 0 Å². The SMILES string of the molecule is COCCn1c(N)c(N(Cc2ccccc2)Cc2cc(C)no2)c(=O)[nH]c1=O. The van der Waals surface area contributed by atoms with E-state index in [1.807, 2.05) is 37.3 Å². The van der Waals surface area contributed by atoms with Crippen molar-refractivity contribution in [2.75, 3.05) is 24.4 Å². The molecule has 3 rings (SSSR count). The van der Waals surface area contributed by atoms with Gasteiger partial charge in [-0.15, -0.1) is 0 Å². The molecule has 148 valence electrons. The third kappa shape index (κ3) is 4.32. The van der Waals surface area contributed by atoms with Crippen LogP contribution in [-0.2, 0) is 24.4 Å². The van der Waals surface area contributed by atoms with Crippen molar-refractivity contribution in [1.29, 1.82) is 0 Å². The number of H-pyrrole nitrogens is 1. The van der Waals surface area contributed by atoms with E-state index in [0.717, 1.165) is 11.3 Å². The average Bonchev–Trinajstić information content (AvgIpc) is 3.07. The van der Waals surface area contributed by atoms with E-state index >= 15 is 0 Å². The monoisotopic (exact) mass is 385 g/mol. The van der Waals surface area contributed by atoms with Crippen molar-refractivity contribution in [3.05, 3.63) is 74.3 Å². The van der Waals surface area contributed by atoms with Crippen molar-refractivity contribution < 1.29 is 9.26 Å². The second-order valence-corrected chi connectivity index (χ2v) is 6.41. The van der Waals surface area contributed by atoms with E-state index in [4.69, 9.17) is 15.0 Å². The lowest BCUT2D eigenvalue weighted by atomic mass is 10.2. The number of nitrogens with two attached hydrogens (primary N) is 1. The fourth-order valence-corrected chi connectivity index (χ4v) is 2.98. The van der Waals surface area contributed by atoms with Gasteiger partial charge in [0.25, 0.3) is 5.56 Å². The first-order valence-corrected chi connectivity index (χ1v) is 8.82. The molecule has 0 saturated carbocycles. The molecule has 9 nitrogen and oxygen atoms in total. The smallest absolute Gasteiger partial charge is 0.330 e. The van der Waals surface area contributed by atoms with E-state index in [-0.39, 0.29) is 31.2 Å². The molecule has 3 aromatic rings. The van der Waals surface area contributed by atoms with Gasteiger partial charge >= 0.3 is 5.69 Å². The number of aryl methyl sites for hydroxylation is 1. The number of anilines is 2. The Labute approximate surface area is 161 Å². The first kappa shape index (κ1) is 19.4. The number of benzene rings is 1. The number of rotatable bonds is 8. The molecule has 28 heavy (non-hydrogen) atoms. The molecule has 3 N–H and O–H groups in total. The van der Waals surface area contributed by atoms with Crippen LogP contribution in [0.3, 0.4) is 0 Å². The number of nitrogen functional groups attached to an aromatic ring is 1. The maximum atomic E-state index is 12.6. The van der Waals surface area contributed by atoms with E-state index in [2.05, 4.69) is 10.1 Å². The molecular formula is C19H23N5O4. The van der Waals surface area contributed by atoms with Crippen molar-refractivity contribution in [3.8, 4) is 0 Å².